The van der Waals surface area contributed by atoms with Crippen LogP contribution in [0.15, 0.2) is 36.7 Å². The molecule has 21 heavy (non-hydrogen) atoms. The maximum absolute atomic E-state index is 12.4. The molecule has 114 valence electrons. The maximum Gasteiger partial charge on any atom is 0.218 e. The Hall–Kier alpha value is -1.70. The fraction of sp³-hybridized carbons (Fsp3) is 0.357. The zero-order chi connectivity index (χ0) is 15.5. The van der Waals surface area contributed by atoms with E-state index in [-0.39, 0.29) is 12.3 Å². The highest BCUT2D eigenvalue weighted by Crippen LogP contribution is 2.13. The third-order valence-electron chi connectivity index (χ3n) is 3.37. The third kappa shape index (κ3) is 3.90. The highest BCUT2D eigenvalue weighted by molar-refractivity contribution is 7.88. The molecule has 0 saturated carbocycles. The van der Waals surface area contributed by atoms with E-state index in [4.69, 9.17) is 5.73 Å². The van der Waals surface area contributed by atoms with Crippen molar-refractivity contribution in [1.82, 2.24) is 13.9 Å². The van der Waals surface area contributed by atoms with Gasteiger partial charge in [-0.2, -0.15) is 4.31 Å². The van der Waals surface area contributed by atoms with Crippen molar-refractivity contribution < 1.29 is 8.42 Å². The number of benzene rings is 1. The molecule has 0 saturated heterocycles. The molecule has 1 heterocycles. The van der Waals surface area contributed by atoms with Crippen LogP contribution in [0.4, 0.5) is 0 Å². The predicted molar refractivity (Wildman–Crippen MR) is 81.6 cm³/mol. The molecule has 0 unspecified atom stereocenters. The minimum absolute atomic E-state index is 0.0290. The largest absolute Gasteiger partial charge is 0.337 e. The zero-order valence-electron chi connectivity index (χ0n) is 12.2. The van der Waals surface area contributed by atoms with Crippen molar-refractivity contribution in [1.29, 1.82) is 0 Å². The van der Waals surface area contributed by atoms with Gasteiger partial charge in [-0.3, -0.25) is 0 Å². The summed E-state index contributed by atoms with van der Waals surface area (Å²) in [5.41, 5.74) is 7.26. The molecule has 1 aromatic heterocycles. The van der Waals surface area contributed by atoms with Crippen LogP contribution in [-0.2, 0) is 35.9 Å². The minimum Gasteiger partial charge on any atom is -0.337 e. The van der Waals surface area contributed by atoms with Crippen LogP contribution in [0.1, 0.15) is 17.0 Å². The first kappa shape index (κ1) is 15.7. The number of imidazole rings is 1. The van der Waals surface area contributed by atoms with Gasteiger partial charge in [-0.15, -0.1) is 0 Å². The summed E-state index contributed by atoms with van der Waals surface area (Å²) in [6.45, 7) is 0.707. The highest BCUT2D eigenvalue weighted by Gasteiger charge is 2.20. The molecule has 0 aliphatic rings. The van der Waals surface area contributed by atoms with E-state index in [1.54, 1.807) is 31.6 Å². The lowest BCUT2D eigenvalue weighted by atomic mass is 10.1. The Morgan fingerprint density at radius 2 is 1.86 bits per heavy atom. The summed E-state index contributed by atoms with van der Waals surface area (Å²) in [6.07, 6.45) is 3.45. The van der Waals surface area contributed by atoms with Crippen molar-refractivity contribution in [3.63, 3.8) is 0 Å². The molecule has 2 N–H and O–H groups in total. The predicted octanol–water partition coefficient (Wildman–Crippen LogP) is 0.841. The van der Waals surface area contributed by atoms with Crippen LogP contribution in [0, 0.1) is 0 Å². The summed E-state index contributed by atoms with van der Waals surface area (Å²) in [5.74, 6) is 0.679. The Kier molecular flexibility index (Phi) is 4.76. The lowest BCUT2D eigenvalue weighted by Crippen LogP contribution is -2.28. The molecule has 2 rings (SSSR count). The van der Waals surface area contributed by atoms with Gasteiger partial charge in [0, 0.05) is 33.0 Å². The molecule has 0 aliphatic heterocycles. The van der Waals surface area contributed by atoms with Gasteiger partial charge in [0.2, 0.25) is 10.0 Å². The fourth-order valence-electron chi connectivity index (χ4n) is 1.94. The Morgan fingerprint density at radius 1 is 1.24 bits per heavy atom. The first-order valence-electron chi connectivity index (χ1n) is 6.60. The van der Waals surface area contributed by atoms with Crippen molar-refractivity contribution in [3.05, 3.63) is 53.6 Å². The number of aromatic nitrogens is 2. The first-order chi connectivity index (χ1) is 9.92. The molecule has 0 radical (unpaired) electrons. The molecule has 1 aromatic carbocycles. The topological polar surface area (TPSA) is 81.2 Å². The van der Waals surface area contributed by atoms with Crippen molar-refractivity contribution in [2.24, 2.45) is 12.8 Å². The summed E-state index contributed by atoms with van der Waals surface area (Å²) in [6, 6.07) is 7.30. The van der Waals surface area contributed by atoms with Crippen molar-refractivity contribution in [2.45, 2.75) is 18.8 Å². The normalized spacial score (nSPS) is 12.0. The number of nitrogens with zero attached hydrogens (tertiary/aromatic N) is 3. The molecule has 2 aromatic rings. The average molecular weight is 308 g/mol. The van der Waals surface area contributed by atoms with E-state index in [0.29, 0.717) is 12.4 Å². The van der Waals surface area contributed by atoms with Crippen molar-refractivity contribution >= 4 is 10.0 Å². The van der Waals surface area contributed by atoms with E-state index in [2.05, 4.69) is 4.98 Å². The first-order valence-corrected chi connectivity index (χ1v) is 8.21. The Labute approximate surface area is 125 Å². The van der Waals surface area contributed by atoms with Crippen LogP contribution in [0.2, 0.25) is 0 Å². The van der Waals surface area contributed by atoms with Gasteiger partial charge < -0.3 is 10.3 Å². The zero-order valence-corrected chi connectivity index (χ0v) is 13.0. The van der Waals surface area contributed by atoms with Crippen molar-refractivity contribution in [3.8, 4) is 0 Å². The second kappa shape index (κ2) is 6.38. The van der Waals surface area contributed by atoms with Crippen molar-refractivity contribution in [2.75, 3.05) is 7.05 Å². The van der Waals surface area contributed by atoms with Gasteiger partial charge in [0.25, 0.3) is 0 Å². The van der Waals surface area contributed by atoms with Gasteiger partial charge >= 0.3 is 0 Å². The smallest absolute Gasteiger partial charge is 0.218 e. The van der Waals surface area contributed by atoms with E-state index in [1.807, 2.05) is 23.7 Å². The van der Waals surface area contributed by atoms with Gasteiger partial charge in [0.05, 0.1) is 12.3 Å². The number of rotatable bonds is 6. The Bertz CT molecular complexity index is 692. The number of hydrogen-bond donors (Lipinski definition) is 1. The van der Waals surface area contributed by atoms with Gasteiger partial charge in [-0.25, -0.2) is 13.4 Å². The SMILES string of the molecule is CN(Cc1nccn1C)S(=O)(=O)Cc1ccc(CN)cc1. The quantitative estimate of drug-likeness (QED) is 0.857. The fourth-order valence-corrected chi connectivity index (χ4v) is 3.08. The van der Waals surface area contributed by atoms with E-state index in [9.17, 15) is 8.42 Å². The number of nitrogens with two attached hydrogens (primary N) is 1. The van der Waals surface area contributed by atoms with Crippen LogP contribution in [0.5, 0.6) is 0 Å². The number of sulfonamides is 1. The van der Waals surface area contributed by atoms with Crippen LogP contribution in [0.3, 0.4) is 0 Å². The second-order valence-corrected chi connectivity index (χ2v) is 7.06. The lowest BCUT2D eigenvalue weighted by Gasteiger charge is -2.17. The monoisotopic (exact) mass is 308 g/mol. The summed E-state index contributed by atoms with van der Waals surface area (Å²) >= 11 is 0. The van der Waals surface area contributed by atoms with E-state index >= 15 is 0 Å². The van der Waals surface area contributed by atoms with Gasteiger partial charge in [0.15, 0.2) is 0 Å². The highest BCUT2D eigenvalue weighted by atomic mass is 32.2. The molecule has 0 amide bonds. The third-order valence-corrected chi connectivity index (χ3v) is 5.14. The summed E-state index contributed by atoms with van der Waals surface area (Å²) in [5, 5.41) is 0. The van der Waals surface area contributed by atoms with Gasteiger partial charge in [-0.1, -0.05) is 24.3 Å². The van der Waals surface area contributed by atoms with Crippen LogP contribution in [-0.4, -0.2) is 29.3 Å². The average Bonchev–Trinajstić information content (AvgIpc) is 2.85. The Balaban J connectivity index is 2.08. The molecule has 0 fully saturated rings. The second-order valence-electron chi connectivity index (χ2n) is 4.99. The molecular formula is C14H20N4O2S. The van der Waals surface area contributed by atoms with Crippen LogP contribution >= 0.6 is 0 Å². The van der Waals surface area contributed by atoms with Crippen LogP contribution in [0.25, 0.3) is 0 Å². The Morgan fingerprint density at radius 3 is 2.38 bits per heavy atom. The summed E-state index contributed by atoms with van der Waals surface area (Å²) in [7, 11) is 0.0323. The molecule has 0 spiro atoms. The number of hydrogen-bond acceptors (Lipinski definition) is 4. The molecule has 0 aliphatic carbocycles. The minimum atomic E-state index is -3.38. The molecule has 0 atom stereocenters. The summed E-state index contributed by atoms with van der Waals surface area (Å²) in [4.78, 5) is 4.14. The van der Waals surface area contributed by atoms with Gasteiger partial charge in [-0.05, 0) is 11.1 Å². The maximum atomic E-state index is 12.4. The molecule has 6 nitrogen and oxygen atoms in total. The molecule has 7 heteroatoms. The summed E-state index contributed by atoms with van der Waals surface area (Å²) < 4.78 is 27.8. The standard InChI is InChI=1S/C14H20N4O2S/c1-17-8-7-16-14(17)10-18(2)21(19,20)11-13-5-3-12(9-15)4-6-13/h3-8H,9-11,15H2,1-2H3. The van der Waals surface area contributed by atoms with E-state index < -0.39 is 10.0 Å². The lowest BCUT2D eigenvalue weighted by molar-refractivity contribution is 0.450. The molecule has 0 bridgehead atoms. The molecular weight excluding hydrogens is 288 g/mol. The number of aryl methyl sites for hydroxylation is 1. The van der Waals surface area contributed by atoms with Gasteiger partial charge in [0.1, 0.15) is 5.82 Å². The van der Waals surface area contributed by atoms with E-state index in [0.717, 1.165) is 11.1 Å². The van der Waals surface area contributed by atoms with E-state index in [1.165, 1.54) is 4.31 Å². The van der Waals surface area contributed by atoms with Crippen LogP contribution < -0.4 is 5.73 Å².